The zero-order chi connectivity index (χ0) is 11.4. The number of nitrogens with one attached hydrogen (secondary N) is 1. The summed E-state index contributed by atoms with van der Waals surface area (Å²) < 4.78 is 5.26. The maximum Gasteiger partial charge on any atom is 0.217 e. The first-order valence-electron chi connectivity index (χ1n) is 5.73. The number of hydrogen-bond donors (Lipinski definition) is 1. The van der Waals surface area contributed by atoms with E-state index in [1.165, 1.54) is 5.56 Å². The van der Waals surface area contributed by atoms with Crippen LogP contribution in [0, 0.1) is 0 Å². The summed E-state index contributed by atoms with van der Waals surface area (Å²) in [5, 5.41) is 3.44. The quantitative estimate of drug-likeness (QED) is 0.822. The molecule has 88 valence electrons. The molecule has 1 saturated heterocycles. The average molecular weight is 221 g/mol. The molecule has 1 fully saturated rings. The largest absolute Gasteiger partial charge is 0.481 e. The van der Waals surface area contributed by atoms with Crippen molar-refractivity contribution in [3.63, 3.8) is 0 Å². The highest BCUT2D eigenvalue weighted by molar-refractivity contribution is 5.25. The molecule has 0 radical (unpaired) electrons. The predicted molar refractivity (Wildman–Crippen MR) is 63.5 cm³/mol. The summed E-state index contributed by atoms with van der Waals surface area (Å²) in [5.41, 5.74) is 1.17. The van der Waals surface area contributed by atoms with Crippen molar-refractivity contribution >= 4 is 0 Å². The average Bonchev–Trinajstić information content (AvgIpc) is 2.30. The number of aromatic nitrogens is 1. The number of hydrogen-bond acceptors (Lipinski definition) is 4. The number of ether oxygens (including phenoxy) is 1. The lowest BCUT2D eigenvalue weighted by molar-refractivity contribution is 0.197. The van der Waals surface area contributed by atoms with Crippen LogP contribution in [0.3, 0.4) is 0 Å². The second-order valence-corrected chi connectivity index (χ2v) is 4.26. The third kappa shape index (κ3) is 2.71. The second kappa shape index (κ2) is 5.27. The second-order valence-electron chi connectivity index (χ2n) is 4.26. The molecule has 0 bridgehead atoms. The first-order chi connectivity index (χ1) is 7.79. The Morgan fingerprint density at radius 2 is 2.50 bits per heavy atom. The molecule has 1 N–H and O–H groups in total. The van der Waals surface area contributed by atoms with Crippen molar-refractivity contribution in [2.45, 2.75) is 19.5 Å². The summed E-state index contributed by atoms with van der Waals surface area (Å²) in [7, 11) is 1.67. The SMILES string of the molecule is COc1ncccc1CN1CCNC(C)C1. The van der Waals surface area contributed by atoms with Gasteiger partial charge in [0.15, 0.2) is 0 Å². The molecule has 2 rings (SSSR count). The normalized spacial score (nSPS) is 22.0. The van der Waals surface area contributed by atoms with Gasteiger partial charge >= 0.3 is 0 Å². The fraction of sp³-hybridized carbons (Fsp3) is 0.583. The molecule has 16 heavy (non-hydrogen) atoms. The lowest BCUT2D eigenvalue weighted by atomic mass is 10.2. The van der Waals surface area contributed by atoms with Crippen LogP contribution in [0.15, 0.2) is 18.3 Å². The zero-order valence-electron chi connectivity index (χ0n) is 9.94. The van der Waals surface area contributed by atoms with Gasteiger partial charge in [0.2, 0.25) is 5.88 Å². The summed E-state index contributed by atoms with van der Waals surface area (Å²) in [6.07, 6.45) is 1.77. The van der Waals surface area contributed by atoms with Crippen LogP contribution >= 0.6 is 0 Å². The van der Waals surface area contributed by atoms with Gasteiger partial charge < -0.3 is 10.1 Å². The van der Waals surface area contributed by atoms with Crippen LogP contribution in [0.2, 0.25) is 0 Å². The summed E-state index contributed by atoms with van der Waals surface area (Å²) in [6.45, 7) is 6.36. The summed E-state index contributed by atoms with van der Waals surface area (Å²) in [6, 6.07) is 4.61. The molecule has 1 atom stereocenters. The van der Waals surface area contributed by atoms with Gasteiger partial charge in [-0.05, 0) is 13.0 Å². The van der Waals surface area contributed by atoms with E-state index in [0.29, 0.717) is 6.04 Å². The van der Waals surface area contributed by atoms with E-state index >= 15 is 0 Å². The fourth-order valence-electron chi connectivity index (χ4n) is 2.12. The monoisotopic (exact) mass is 221 g/mol. The topological polar surface area (TPSA) is 37.4 Å². The lowest BCUT2D eigenvalue weighted by Crippen LogP contribution is -2.48. The van der Waals surface area contributed by atoms with Gasteiger partial charge in [0, 0.05) is 44.0 Å². The molecule has 0 spiro atoms. The Bertz CT molecular complexity index is 343. The van der Waals surface area contributed by atoms with Gasteiger partial charge in [-0.1, -0.05) is 6.07 Å². The first kappa shape index (κ1) is 11.4. The van der Waals surface area contributed by atoms with E-state index in [2.05, 4.69) is 28.2 Å². The van der Waals surface area contributed by atoms with Crippen LogP contribution in [-0.2, 0) is 6.54 Å². The van der Waals surface area contributed by atoms with Crippen molar-refractivity contribution in [1.29, 1.82) is 0 Å². The van der Waals surface area contributed by atoms with Crippen LogP contribution in [0.1, 0.15) is 12.5 Å². The molecule has 0 aliphatic carbocycles. The van der Waals surface area contributed by atoms with Crippen molar-refractivity contribution < 1.29 is 4.74 Å². The van der Waals surface area contributed by atoms with Crippen molar-refractivity contribution in [2.75, 3.05) is 26.7 Å². The molecule has 1 aromatic rings. The maximum absolute atomic E-state index is 5.26. The number of rotatable bonds is 3. The van der Waals surface area contributed by atoms with Crippen molar-refractivity contribution in [1.82, 2.24) is 15.2 Å². The molecule has 4 nitrogen and oxygen atoms in total. The van der Waals surface area contributed by atoms with E-state index in [1.807, 2.05) is 6.07 Å². The number of pyridine rings is 1. The van der Waals surface area contributed by atoms with Gasteiger partial charge in [-0.2, -0.15) is 0 Å². The standard InChI is InChI=1S/C12H19N3O/c1-10-8-15(7-6-13-10)9-11-4-3-5-14-12(11)16-2/h3-5,10,13H,6-9H2,1-2H3. The Morgan fingerprint density at radius 3 is 3.25 bits per heavy atom. The summed E-state index contributed by atoms with van der Waals surface area (Å²) in [5.74, 6) is 0.744. The van der Waals surface area contributed by atoms with Crippen molar-refractivity contribution in [3.8, 4) is 5.88 Å². The van der Waals surface area contributed by atoms with Gasteiger partial charge in [0.05, 0.1) is 7.11 Å². The molecular formula is C12H19N3O. The molecule has 4 heteroatoms. The van der Waals surface area contributed by atoms with Crippen LogP contribution in [0.25, 0.3) is 0 Å². The van der Waals surface area contributed by atoms with Gasteiger partial charge in [0.1, 0.15) is 0 Å². The highest BCUT2D eigenvalue weighted by atomic mass is 16.5. The van der Waals surface area contributed by atoms with Crippen LogP contribution < -0.4 is 10.1 Å². The third-order valence-electron chi connectivity index (χ3n) is 2.89. The lowest BCUT2D eigenvalue weighted by Gasteiger charge is -2.31. The Balaban J connectivity index is 2.02. The smallest absolute Gasteiger partial charge is 0.217 e. The molecule has 1 aliphatic rings. The fourth-order valence-corrected chi connectivity index (χ4v) is 2.12. The molecule has 1 unspecified atom stereocenters. The van der Waals surface area contributed by atoms with Crippen LogP contribution in [-0.4, -0.2) is 42.7 Å². The van der Waals surface area contributed by atoms with Gasteiger partial charge in [0.25, 0.3) is 0 Å². The maximum atomic E-state index is 5.26. The van der Waals surface area contributed by atoms with E-state index in [4.69, 9.17) is 4.74 Å². The minimum absolute atomic E-state index is 0.566. The first-order valence-corrected chi connectivity index (χ1v) is 5.73. The van der Waals surface area contributed by atoms with Crippen molar-refractivity contribution in [2.24, 2.45) is 0 Å². The minimum atomic E-state index is 0.566. The van der Waals surface area contributed by atoms with Crippen LogP contribution in [0.5, 0.6) is 5.88 Å². The van der Waals surface area contributed by atoms with E-state index in [0.717, 1.165) is 32.1 Å². The highest BCUT2D eigenvalue weighted by Crippen LogP contribution is 2.16. The molecule has 1 aliphatic heterocycles. The molecule has 1 aromatic heterocycles. The van der Waals surface area contributed by atoms with E-state index in [-0.39, 0.29) is 0 Å². The molecule has 0 aromatic carbocycles. The van der Waals surface area contributed by atoms with E-state index in [1.54, 1.807) is 13.3 Å². The molecule has 0 amide bonds. The van der Waals surface area contributed by atoms with E-state index in [9.17, 15) is 0 Å². The number of nitrogens with zero attached hydrogens (tertiary/aromatic N) is 2. The Labute approximate surface area is 96.6 Å². The van der Waals surface area contributed by atoms with Gasteiger partial charge in [-0.15, -0.1) is 0 Å². The third-order valence-corrected chi connectivity index (χ3v) is 2.89. The summed E-state index contributed by atoms with van der Waals surface area (Å²) in [4.78, 5) is 6.65. The summed E-state index contributed by atoms with van der Waals surface area (Å²) >= 11 is 0. The van der Waals surface area contributed by atoms with Crippen LogP contribution in [0.4, 0.5) is 0 Å². The molecule has 0 saturated carbocycles. The predicted octanol–water partition coefficient (Wildman–Crippen LogP) is 0.884. The number of methoxy groups -OCH3 is 1. The highest BCUT2D eigenvalue weighted by Gasteiger charge is 2.17. The Hall–Kier alpha value is -1.13. The zero-order valence-corrected chi connectivity index (χ0v) is 9.94. The van der Waals surface area contributed by atoms with Gasteiger partial charge in [-0.25, -0.2) is 4.98 Å². The van der Waals surface area contributed by atoms with Gasteiger partial charge in [-0.3, -0.25) is 4.90 Å². The Kier molecular flexibility index (Phi) is 3.74. The van der Waals surface area contributed by atoms with Crippen molar-refractivity contribution in [3.05, 3.63) is 23.9 Å². The molecule has 2 heterocycles. The Morgan fingerprint density at radius 1 is 1.62 bits per heavy atom. The number of piperazine rings is 1. The minimum Gasteiger partial charge on any atom is -0.481 e. The van der Waals surface area contributed by atoms with E-state index < -0.39 is 0 Å². The molecular weight excluding hydrogens is 202 g/mol.